The second-order valence-electron chi connectivity index (χ2n) is 1.83. The Labute approximate surface area is 58.1 Å². The van der Waals surface area contributed by atoms with Gasteiger partial charge >= 0.3 is 5.97 Å². The van der Waals surface area contributed by atoms with Gasteiger partial charge < -0.3 is 9.84 Å². The van der Waals surface area contributed by atoms with Gasteiger partial charge in [-0.3, -0.25) is 0 Å². The van der Waals surface area contributed by atoms with Crippen LogP contribution in [0.4, 0.5) is 4.39 Å². The summed E-state index contributed by atoms with van der Waals surface area (Å²) < 4.78 is 16.8. The van der Waals surface area contributed by atoms with Gasteiger partial charge in [0.25, 0.3) is 0 Å². The van der Waals surface area contributed by atoms with Crippen LogP contribution in [0.25, 0.3) is 0 Å². The fraction of sp³-hybridized carbons (Fsp3) is 0.500. The minimum Gasteiger partial charge on any atom is -0.476 e. The van der Waals surface area contributed by atoms with Gasteiger partial charge in [0.05, 0.1) is 6.61 Å². The number of hydrogen-bond donors (Lipinski definition) is 1. The standard InChI is InChI=1S/C6H9FO3/c1-4(3-10-2)5(7)6(8)9/h3H2,1-2H3,(H,8,9). The van der Waals surface area contributed by atoms with Gasteiger partial charge in [-0.25, -0.2) is 4.79 Å². The molecule has 0 radical (unpaired) electrons. The first-order valence-corrected chi connectivity index (χ1v) is 2.67. The number of halogens is 1. The van der Waals surface area contributed by atoms with E-state index < -0.39 is 11.8 Å². The van der Waals surface area contributed by atoms with E-state index in [-0.39, 0.29) is 12.2 Å². The van der Waals surface area contributed by atoms with Crippen LogP contribution in [0.3, 0.4) is 0 Å². The summed E-state index contributed by atoms with van der Waals surface area (Å²) in [7, 11) is 1.37. The Morgan fingerprint density at radius 3 is 2.50 bits per heavy atom. The predicted molar refractivity (Wildman–Crippen MR) is 33.3 cm³/mol. The van der Waals surface area contributed by atoms with Crippen molar-refractivity contribution in [3.63, 3.8) is 0 Å². The Balaban J connectivity index is 4.19. The summed E-state index contributed by atoms with van der Waals surface area (Å²) in [5.41, 5.74) is 0.0926. The molecule has 0 fully saturated rings. The summed E-state index contributed by atoms with van der Waals surface area (Å²) in [5.74, 6) is -2.68. The molecule has 0 aromatic rings. The highest BCUT2D eigenvalue weighted by Gasteiger charge is 2.08. The number of aliphatic carboxylic acids is 1. The van der Waals surface area contributed by atoms with E-state index in [1.165, 1.54) is 14.0 Å². The van der Waals surface area contributed by atoms with Gasteiger partial charge in [0.1, 0.15) is 0 Å². The van der Waals surface area contributed by atoms with E-state index >= 15 is 0 Å². The molecule has 0 aromatic heterocycles. The van der Waals surface area contributed by atoms with Crippen molar-refractivity contribution in [1.29, 1.82) is 0 Å². The van der Waals surface area contributed by atoms with Crippen LogP contribution >= 0.6 is 0 Å². The van der Waals surface area contributed by atoms with Crippen LogP contribution in [0.15, 0.2) is 11.4 Å². The highest BCUT2D eigenvalue weighted by atomic mass is 19.1. The predicted octanol–water partition coefficient (Wildman–Crippen LogP) is 0.961. The molecular weight excluding hydrogens is 139 g/mol. The number of carbonyl (C=O) groups is 1. The van der Waals surface area contributed by atoms with Gasteiger partial charge in [-0.1, -0.05) is 0 Å². The molecule has 58 valence electrons. The third-order valence-corrected chi connectivity index (χ3v) is 0.923. The summed E-state index contributed by atoms with van der Waals surface area (Å²) in [6, 6.07) is 0. The molecule has 1 N–H and O–H groups in total. The van der Waals surface area contributed by atoms with Crippen LogP contribution in [-0.4, -0.2) is 24.8 Å². The van der Waals surface area contributed by atoms with Gasteiger partial charge in [0, 0.05) is 7.11 Å². The van der Waals surface area contributed by atoms with Gasteiger partial charge in [-0.05, 0) is 12.5 Å². The molecule has 0 aliphatic heterocycles. The SMILES string of the molecule is COCC(C)=C(F)C(=O)O. The molecule has 0 saturated carbocycles. The zero-order valence-electron chi connectivity index (χ0n) is 5.85. The fourth-order valence-electron chi connectivity index (χ4n) is 0.462. The second kappa shape index (κ2) is 4.00. The summed E-state index contributed by atoms with van der Waals surface area (Å²) in [6.45, 7) is 1.38. The molecule has 0 saturated heterocycles. The smallest absolute Gasteiger partial charge is 0.364 e. The van der Waals surface area contributed by atoms with Crippen LogP contribution in [0.2, 0.25) is 0 Å². The quantitative estimate of drug-likeness (QED) is 0.606. The van der Waals surface area contributed by atoms with Crippen LogP contribution in [-0.2, 0) is 9.53 Å². The summed E-state index contributed by atoms with van der Waals surface area (Å²) >= 11 is 0. The Morgan fingerprint density at radius 1 is 1.70 bits per heavy atom. The van der Waals surface area contributed by atoms with Crippen molar-refractivity contribution in [1.82, 2.24) is 0 Å². The van der Waals surface area contributed by atoms with Gasteiger partial charge in [-0.2, -0.15) is 4.39 Å². The first kappa shape index (κ1) is 9.10. The van der Waals surface area contributed by atoms with Crippen molar-refractivity contribution in [2.75, 3.05) is 13.7 Å². The lowest BCUT2D eigenvalue weighted by atomic mass is 10.3. The van der Waals surface area contributed by atoms with Gasteiger partial charge in [0.15, 0.2) is 0 Å². The molecule has 3 nitrogen and oxygen atoms in total. The molecule has 0 atom stereocenters. The van der Waals surface area contributed by atoms with Gasteiger partial charge in [-0.15, -0.1) is 0 Å². The molecule has 0 unspecified atom stereocenters. The molecule has 0 aliphatic rings. The highest BCUT2D eigenvalue weighted by molar-refractivity contribution is 5.84. The van der Waals surface area contributed by atoms with Crippen molar-refractivity contribution in [2.45, 2.75) is 6.92 Å². The van der Waals surface area contributed by atoms with Crippen LogP contribution in [0.1, 0.15) is 6.92 Å². The lowest BCUT2D eigenvalue weighted by Crippen LogP contribution is -2.01. The maximum absolute atomic E-state index is 12.3. The van der Waals surface area contributed by atoms with E-state index in [1.807, 2.05) is 0 Å². The van der Waals surface area contributed by atoms with Crippen LogP contribution in [0, 0.1) is 0 Å². The van der Waals surface area contributed by atoms with Crippen LogP contribution < -0.4 is 0 Å². The van der Waals surface area contributed by atoms with E-state index in [9.17, 15) is 9.18 Å². The third-order valence-electron chi connectivity index (χ3n) is 0.923. The summed E-state index contributed by atoms with van der Waals surface area (Å²) in [5, 5.41) is 8.09. The lowest BCUT2D eigenvalue weighted by Gasteiger charge is -1.97. The lowest BCUT2D eigenvalue weighted by molar-refractivity contribution is -0.134. The molecule has 0 rings (SSSR count). The largest absolute Gasteiger partial charge is 0.476 e. The Bertz CT molecular complexity index is 162. The minimum absolute atomic E-state index is 0.0120. The second-order valence-corrected chi connectivity index (χ2v) is 1.83. The maximum Gasteiger partial charge on any atom is 0.364 e. The summed E-state index contributed by atoms with van der Waals surface area (Å²) in [6.07, 6.45) is 0. The van der Waals surface area contributed by atoms with E-state index in [0.29, 0.717) is 0 Å². The summed E-state index contributed by atoms with van der Waals surface area (Å²) in [4.78, 5) is 9.93. The van der Waals surface area contributed by atoms with E-state index in [0.717, 1.165) is 0 Å². The Kier molecular flexibility index (Phi) is 3.64. The number of methoxy groups -OCH3 is 1. The normalized spacial score (nSPS) is 12.7. The van der Waals surface area contributed by atoms with Crippen LogP contribution in [0.5, 0.6) is 0 Å². The highest BCUT2D eigenvalue weighted by Crippen LogP contribution is 2.05. The zero-order valence-corrected chi connectivity index (χ0v) is 5.85. The first-order valence-electron chi connectivity index (χ1n) is 2.67. The molecule has 4 heteroatoms. The van der Waals surface area contributed by atoms with Crippen molar-refractivity contribution < 1.29 is 19.0 Å². The van der Waals surface area contributed by atoms with Crippen molar-refractivity contribution >= 4 is 5.97 Å². The molecule has 0 amide bonds. The molecular formula is C6H9FO3. The van der Waals surface area contributed by atoms with Crippen molar-refractivity contribution in [2.24, 2.45) is 0 Å². The van der Waals surface area contributed by atoms with Crippen molar-refractivity contribution in [3.05, 3.63) is 11.4 Å². The first-order chi connectivity index (χ1) is 4.59. The minimum atomic E-state index is -1.55. The zero-order chi connectivity index (χ0) is 8.15. The monoisotopic (exact) mass is 148 g/mol. The van der Waals surface area contributed by atoms with E-state index in [4.69, 9.17) is 5.11 Å². The average Bonchev–Trinajstić information content (AvgIpc) is 1.87. The number of rotatable bonds is 3. The molecule has 0 bridgehead atoms. The molecule has 10 heavy (non-hydrogen) atoms. The molecule has 0 aliphatic carbocycles. The average molecular weight is 148 g/mol. The van der Waals surface area contributed by atoms with E-state index in [2.05, 4.69) is 4.74 Å². The molecule has 0 spiro atoms. The number of hydrogen-bond acceptors (Lipinski definition) is 2. The number of carboxylic acids is 1. The number of carboxylic acid groups (broad SMARTS) is 1. The fourth-order valence-corrected chi connectivity index (χ4v) is 0.462. The van der Waals surface area contributed by atoms with Gasteiger partial charge in [0.2, 0.25) is 5.83 Å². The van der Waals surface area contributed by atoms with E-state index in [1.54, 1.807) is 0 Å². The Morgan fingerprint density at radius 2 is 2.20 bits per heavy atom. The van der Waals surface area contributed by atoms with Crippen molar-refractivity contribution in [3.8, 4) is 0 Å². The topological polar surface area (TPSA) is 46.5 Å². The third kappa shape index (κ3) is 2.59. The molecule has 0 aromatic carbocycles. The molecule has 0 heterocycles. The number of ether oxygens (including phenoxy) is 1. The Hall–Kier alpha value is -0.900. The maximum atomic E-state index is 12.3.